The van der Waals surface area contributed by atoms with Gasteiger partial charge in [-0.1, -0.05) is 41.4 Å². The summed E-state index contributed by atoms with van der Waals surface area (Å²) in [5.41, 5.74) is 1.99. The fraction of sp³-hybridized carbons (Fsp3) is 0.333. The van der Waals surface area contributed by atoms with E-state index in [-0.39, 0.29) is 21.5 Å². The van der Waals surface area contributed by atoms with Gasteiger partial charge < -0.3 is 9.64 Å². The van der Waals surface area contributed by atoms with E-state index in [0.717, 1.165) is 37.6 Å². The molecule has 1 saturated heterocycles. The molecule has 140 valence electrons. The highest BCUT2D eigenvalue weighted by Gasteiger charge is 2.26. The molecule has 1 fully saturated rings. The van der Waals surface area contributed by atoms with Crippen LogP contribution in [0.5, 0.6) is 0 Å². The van der Waals surface area contributed by atoms with Crippen LogP contribution >= 0.6 is 23.2 Å². The van der Waals surface area contributed by atoms with Crippen LogP contribution in [0, 0.1) is 0 Å². The van der Waals surface area contributed by atoms with Gasteiger partial charge in [0.05, 0.1) is 23.3 Å². The molecule has 8 heteroatoms. The largest absolute Gasteiger partial charge is 0.378 e. The number of sulfonamides is 1. The second kappa shape index (κ2) is 8.15. The molecule has 1 aliphatic rings. The van der Waals surface area contributed by atoms with Gasteiger partial charge in [-0.25, -0.2) is 8.42 Å². The summed E-state index contributed by atoms with van der Waals surface area (Å²) in [5, 5.41) is 0.235. The number of hydrogen-bond donors (Lipinski definition) is 0. The number of nitrogens with zero attached hydrogens (tertiary/aromatic N) is 2. The number of benzene rings is 2. The van der Waals surface area contributed by atoms with Crippen LogP contribution in [0.2, 0.25) is 10.0 Å². The van der Waals surface area contributed by atoms with Crippen LogP contribution in [-0.4, -0.2) is 46.1 Å². The van der Waals surface area contributed by atoms with Gasteiger partial charge in [0, 0.05) is 32.4 Å². The number of ether oxygens (including phenoxy) is 1. The molecule has 0 unspecified atom stereocenters. The van der Waals surface area contributed by atoms with Gasteiger partial charge in [0.2, 0.25) is 10.0 Å². The smallest absolute Gasteiger partial charge is 0.246 e. The van der Waals surface area contributed by atoms with Crippen LogP contribution in [0.15, 0.2) is 47.4 Å². The van der Waals surface area contributed by atoms with E-state index < -0.39 is 10.0 Å². The van der Waals surface area contributed by atoms with Crippen molar-refractivity contribution < 1.29 is 13.2 Å². The van der Waals surface area contributed by atoms with Crippen molar-refractivity contribution in [1.82, 2.24) is 4.31 Å². The lowest BCUT2D eigenvalue weighted by atomic mass is 10.2. The van der Waals surface area contributed by atoms with Gasteiger partial charge in [-0.2, -0.15) is 4.31 Å². The summed E-state index contributed by atoms with van der Waals surface area (Å²) in [6.45, 7) is 3.40. The van der Waals surface area contributed by atoms with Crippen molar-refractivity contribution in [2.45, 2.75) is 11.4 Å². The Bertz CT molecular complexity index is 846. The SMILES string of the molecule is CN(Cc1ccc(N2CCOCC2)cc1)S(=O)(=O)c1c(Cl)cccc1Cl. The van der Waals surface area contributed by atoms with Crippen molar-refractivity contribution in [3.05, 3.63) is 58.1 Å². The highest BCUT2D eigenvalue weighted by Crippen LogP contribution is 2.31. The summed E-state index contributed by atoms with van der Waals surface area (Å²) in [6, 6.07) is 12.5. The molecule has 2 aromatic rings. The van der Waals surface area contributed by atoms with Crippen LogP contribution in [0.4, 0.5) is 5.69 Å². The van der Waals surface area contributed by atoms with Crippen molar-refractivity contribution in [3.63, 3.8) is 0 Å². The zero-order valence-electron chi connectivity index (χ0n) is 14.4. The molecule has 5 nitrogen and oxygen atoms in total. The van der Waals surface area contributed by atoms with Crippen LogP contribution in [-0.2, 0) is 21.3 Å². The first-order valence-corrected chi connectivity index (χ1v) is 10.4. The zero-order chi connectivity index (χ0) is 18.7. The Morgan fingerprint density at radius 3 is 2.19 bits per heavy atom. The highest BCUT2D eigenvalue weighted by molar-refractivity contribution is 7.89. The van der Waals surface area contributed by atoms with Crippen molar-refractivity contribution in [3.8, 4) is 0 Å². The van der Waals surface area contributed by atoms with Crippen molar-refractivity contribution in [2.24, 2.45) is 0 Å². The number of rotatable bonds is 5. The molecular formula is C18H20Cl2N2O3S. The average molecular weight is 415 g/mol. The molecule has 0 saturated carbocycles. The molecule has 0 aliphatic carbocycles. The van der Waals surface area contributed by atoms with E-state index in [0.29, 0.717) is 0 Å². The van der Waals surface area contributed by atoms with E-state index in [4.69, 9.17) is 27.9 Å². The van der Waals surface area contributed by atoms with E-state index in [1.54, 1.807) is 6.07 Å². The highest BCUT2D eigenvalue weighted by atomic mass is 35.5. The third kappa shape index (κ3) is 4.15. The molecule has 0 aromatic heterocycles. The summed E-state index contributed by atoms with van der Waals surface area (Å²) in [6.07, 6.45) is 0. The van der Waals surface area contributed by atoms with Crippen LogP contribution < -0.4 is 4.90 Å². The number of anilines is 1. The van der Waals surface area contributed by atoms with Crippen molar-refractivity contribution in [1.29, 1.82) is 0 Å². The van der Waals surface area contributed by atoms with Crippen molar-refractivity contribution >= 4 is 38.9 Å². The average Bonchev–Trinajstić information content (AvgIpc) is 2.62. The molecule has 1 heterocycles. The fourth-order valence-corrected chi connectivity index (χ4v) is 5.10. The molecule has 0 radical (unpaired) electrons. The number of hydrogen-bond acceptors (Lipinski definition) is 4. The molecule has 0 atom stereocenters. The third-order valence-electron chi connectivity index (χ3n) is 4.31. The summed E-state index contributed by atoms with van der Waals surface area (Å²) in [4.78, 5) is 2.19. The lowest BCUT2D eigenvalue weighted by Gasteiger charge is -2.29. The van der Waals surface area contributed by atoms with Gasteiger partial charge in [-0.05, 0) is 29.8 Å². The zero-order valence-corrected chi connectivity index (χ0v) is 16.7. The van der Waals surface area contributed by atoms with E-state index in [2.05, 4.69) is 4.90 Å². The Kier molecular flexibility index (Phi) is 6.10. The maximum absolute atomic E-state index is 12.8. The molecule has 0 bridgehead atoms. The minimum Gasteiger partial charge on any atom is -0.378 e. The maximum Gasteiger partial charge on any atom is 0.246 e. The molecule has 2 aromatic carbocycles. The van der Waals surface area contributed by atoms with Gasteiger partial charge in [0.1, 0.15) is 4.90 Å². The molecule has 26 heavy (non-hydrogen) atoms. The van der Waals surface area contributed by atoms with E-state index in [1.807, 2.05) is 24.3 Å². The Labute approximate surface area is 164 Å². The predicted octanol–water partition coefficient (Wildman–Crippen LogP) is 3.65. The third-order valence-corrected chi connectivity index (χ3v) is 7.06. The van der Waals surface area contributed by atoms with Gasteiger partial charge in [0.25, 0.3) is 0 Å². The van der Waals surface area contributed by atoms with Crippen LogP contribution in [0.25, 0.3) is 0 Å². The lowest BCUT2D eigenvalue weighted by Crippen LogP contribution is -2.36. The normalized spacial score (nSPS) is 15.5. The summed E-state index contributed by atoms with van der Waals surface area (Å²) >= 11 is 12.1. The Morgan fingerprint density at radius 2 is 1.62 bits per heavy atom. The second-order valence-corrected chi connectivity index (χ2v) is 8.87. The standard InChI is InChI=1S/C18H20Cl2N2O3S/c1-21(26(23,24)18-16(19)3-2-4-17(18)20)13-14-5-7-15(8-6-14)22-9-11-25-12-10-22/h2-8H,9-13H2,1H3. The summed E-state index contributed by atoms with van der Waals surface area (Å²) in [5.74, 6) is 0. The first-order valence-electron chi connectivity index (χ1n) is 8.21. The first kappa shape index (κ1) is 19.5. The van der Waals surface area contributed by atoms with Crippen LogP contribution in [0.1, 0.15) is 5.56 Å². The minimum absolute atomic E-state index is 0.0595. The molecule has 3 rings (SSSR count). The topological polar surface area (TPSA) is 49.9 Å². The fourth-order valence-electron chi connectivity index (χ4n) is 2.86. The Hall–Kier alpha value is -1.31. The number of morpholine rings is 1. The molecule has 0 N–H and O–H groups in total. The summed E-state index contributed by atoms with van der Waals surface area (Å²) < 4.78 is 32.3. The molecule has 0 spiro atoms. The lowest BCUT2D eigenvalue weighted by molar-refractivity contribution is 0.122. The van der Waals surface area contributed by atoms with Gasteiger partial charge in [0.15, 0.2) is 0 Å². The number of halogens is 2. The maximum atomic E-state index is 12.8. The predicted molar refractivity (Wildman–Crippen MR) is 105 cm³/mol. The Morgan fingerprint density at radius 1 is 1.04 bits per heavy atom. The van der Waals surface area contributed by atoms with Gasteiger partial charge in [-0.15, -0.1) is 0 Å². The Balaban J connectivity index is 1.75. The van der Waals surface area contributed by atoms with E-state index >= 15 is 0 Å². The van der Waals surface area contributed by atoms with Gasteiger partial charge >= 0.3 is 0 Å². The minimum atomic E-state index is -3.79. The van der Waals surface area contributed by atoms with E-state index in [1.165, 1.54) is 23.5 Å². The quantitative estimate of drug-likeness (QED) is 0.748. The van der Waals surface area contributed by atoms with Crippen LogP contribution in [0.3, 0.4) is 0 Å². The van der Waals surface area contributed by atoms with E-state index in [9.17, 15) is 8.42 Å². The molecule has 0 amide bonds. The summed E-state index contributed by atoms with van der Waals surface area (Å²) in [7, 11) is -2.27. The monoisotopic (exact) mass is 414 g/mol. The molecule has 1 aliphatic heterocycles. The second-order valence-electron chi connectivity index (χ2n) is 6.08. The first-order chi connectivity index (χ1) is 12.4. The van der Waals surface area contributed by atoms with Gasteiger partial charge in [-0.3, -0.25) is 0 Å². The van der Waals surface area contributed by atoms with Crippen molar-refractivity contribution in [2.75, 3.05) is 38.3 Å². The molecular weight excluding hydrogens is 395 g/mol.